The normalized spacial score (nSPS) is 20.7. The van der Waals surface area contributed by atoms with Gasteiger partial charge in [0.1, 0.15) is 6.10 Å². The van der Waals surface area contributed by atoms with E-state index in [1.165, 1.54) is 0 Å². The first kappa shape index (κ1) is 22.7. The predicted molar refractivity (Wildman–Crippen MR) is 135 cm³/mol. The molecule has 4 heterocycles. The molecule has 2 unspecified atom stereocenters. The average Bonchev–Trinajstić information content (AvgIpc) is 3.35. The molecule has 2 aromatic heterocycles. The van der Waals surface area contributed by atoms with Gasteiger partial charge in [-0.3, -0.25) is 4.90 Å². The highest BCUT2D eigenvalue weighted by atomic mass is 16.5. The Kier molecular flexibility index (Phi) is 6.12. The zero-order valence-electron chi connectivity index (χ0n) is 20.3. The average molecular weight is 489 g/mol. The van der Waals surface area contributed by atoms with Crippen molar-refractivity contribution in [3.05, 3.63) is 48.8 Å². The molecule has 36 heavy (non-hydrogen) atoms. The summed E-state index contributed by atoms with van der Waals surface area (Å²) in [5.74, 6) is 1.81. The van der Waals surface area contributed by atoms with Gasteiger partial charge in [-0.15, -0.1) is 0 Å². The molecule has 0 spiro atoms. The molecule has 2 saturated heterocycles. The van der Waals surface area contributed by atoms with Crippen molar-refractivity contribution in [3.63, 3.8) is 0 Å². The van der Waals surface area contributed by atoms with Crippen LogP contribution in [0.5, 0.6) is 17.4 Å². The van der Waals surface area contributed by atoms with Crippen molar-refractivity contribution >= 4 is 27.6 Å². The summed E-state index contributed by atoms with van der Waals surface area (Å²) in [6.07, 6.45) is 3.41. The van der Waals surface area contributed by atoms with Gasteiger partial charge in [0.05, 0.1) is 74.7 Å². The molecule has 2 fully saturated rings. The Hall–Kier alpha value is -3.76. The number of fused-ring (bicyclic) bond motifs is 2. The number of ether oxygens (including phenoxy) is 4. The van der Waals surface area contributed by atoms with Crippen LogP contribution in [0.1, 0.15) is 0 Å². The van der Waals surface area contributed by atoms with Gasteiger partial charge in [-0.25, -0.2) is 9.97 Å². The van der Waals surface area contributed by atoms with E-state index in [-0.39, 0.29) is 12.1 Å². The zero-order chi connectivity index (χ0) is 24.5. The van der Waals surface area contributed by atoms with Crippen LogP contribution in [0.4, 0.5) is 5.69 Å². The third kappa shape index (κ3) is 4.22. The van der Waals surface area contributed by atoms with Crippen LogP contribution in [0, 0.1) is 0 Å². The highest BCUT2D eigenvalue weighted by Gasteiger charge is 2.40. The second-order valence-electron chi connectivity index (χ2n) is 8.93. The lowest BCUT2D eigenvalue weighted by atomic mass is 10.1. The molecule has 6 rings (SSSR count). The Morgan fingerprint density at radius 3 is 2.50 bits per heavy atom. The first-order valence-electron chi connectivity index (χ1n) is 12.1. The molecule has 10 heteroatoms. The Balaban J connectivity index is 1.34. The molecule has 0 saturated carbocycles. The zero-order valence-corrected chi connectivity index (χ0v) is 20.3. The highest BCUT2D eigenvalue weighted by Crippen LogP contribution is 2.37. The van der Waals surface area contributed by atoms with Crippen molar-refractivity contribution in [2.24, 2.45) is 0 Å². The fourth-order valence-corrected chi connectivity index (χ4v) is 5.10. The number of aromatic nitrogens is 4. The van der Waals surface area contributed by atoms with Gasteiger partial charge in [-0.05, 0) is 18.2 Å². The van der Waals surface area contributed by atoms with E-state index in [2.05, 4.69) is 25.0 Å². The minimum Gasteiger partial charge on any atom is -0.493 e. The summed E-state index contributed by atoms with van der Waals surface area (Å²) < 4.78 is 23.2. The van der Waals surface area contributed by atoms with Gasteiger partial charge in [0.2, 0.25) is 5.88 Å². The van der Waals surface area contributed by atoms with E-state index in [1.807, 2.05) is 42.6 Å². The number of benzene rings is 2. The van der Waals surface area contributed by atoms with Crippen molar-refractivity contribution in [2.45, 2.75) is 12.1 Å². The van der Waals surface area contributed by atoms with Gasteiger partial charge < -0.3 is 23.8 Å². The summed E-state index contributed by atoms with van der Waals surface area (Å²) in [4.78, 5) is 14.0. The van der Waals surface area contributed by atoms with Gasteiger partial charge in [-0.2, -0.15) is 10.2 Å². The molecule has 2 aliphatic heterocycles. The summed E-state index contributed by atoms with van der Waals surface area (Å²) >= 11 is 0. The predicted octanol–water partition coefficient (Wildman–Crippen LogP) is 2.56. The number of para-hydroxylation sites is 2. The summed E-state index contributed by atoms with van der Waals surface area (Å²) in [5.41, 5.74) is 3.40. The number of morpholine rings is 1. The summed E-state index contributed by atoms with van der Waals surface area (Å²) in [5, 5.41) is 9.57. The van der Waals surface area contributed by atoms with Crippen LogP contribution in [0.25, 0.3) is 21.9 Å². The van der Waals surface area contributed by atoms with Crippen molar-refractivity contribution in [2.75, 3.05) is 58.5 Å². The van der Waals surface area contributed by atoms with Gasteiger partial charge in [0, 0.05) is 31.1 Å². The summed E-state index contributed by atoms with van der Waals surface area (Å²) in [6.45, 7) is 4.61. The molecule has 0 N–H and O–H groups in total. The van der Waals surface area contributed by atoms with Crippen LogP contribution in [0.15, 0.2) is 48.8 Å². The third-order valence-corrected chi connectivity index (χ3v) is 6.91. The fourth-order valence-electron chi connectivity index (χ4n) is 5.10. The number of nitrogens with zero attached hydrogens (tertiary/aromatic N) is 6. The second kappa shape index (κ2) is 9.71. The van der Waals surface area contributed by atoms with Crippen LogP contribution in [-0.2, 0) is 4.74 Å². The third-order valence-electron chi connectivity index (χ3n) is 6.91. The van der Waals surface area contributed by atoms with Crippen LogP contribution in [0.2, 0.25) is 0 Å². The lowest BCUT2D eigenvalue weighted by Crippen LogP contribution is -2.50. The van der Waals surface area contributed by atoms with Crippen LogP contribution < -0.4 is 19.1 Å². The molecule has 10 nitrogen and oxygen atoms in total. The minimum atomic E-state index is -0.109. The lowest BCUT2D eigenvalue weighted by molar-refractivity contribution is -0.00170. The Morgan fingerprint density at radius 1 is 0.917 bits per heavy atom. The Bertz CT molecular complexity index is 1380. The van der Waals surface area contributed by atoms with Gasteiger partial charge in [0.25, 0.3) is 0 Å². The molecule has 0 bridgehead atoms. The van der Waals surface area contributed by atoms with E-state index in [4.69, 9.17) is 23.9 Å². The molecule has 4 aromatic rings. The van der Waals surface area contributed by atoms with Gasteiger partial charge in [-0.1, -0.05) is 12.1 Å². The number of hydrogen-bond donors (Lipinski definition) is 0. The van der Waals surface area contributed by atoms with E-state index in [0.717, 1.165) is 60.5 Å². The second-order valence-corrected chi connectivity index (χ2v) is 8.93. The van der Waals surface area contributed by atoms with E-state index in [0.29, 0.717) is 23.9 Å². The largest absolute Gasteiger partial charge is 0.493 e. The fraction of sp³-hybridized carbons (Fsp3) is 0.385. The van der Waals surface area contributed by atoms with Crippen molar-refractivity contribution in [3.8, 4) is 17.4 Å². The SMILES string of the molecule is COc1cc2nncc(N3CC(Oc4cnc5ccccc5n4)C(N4CCOCC4)C3)c2cc1OC. The maximum Gasteiger partial charge on any atom is 0.233 e. The smallest absolute Gasteiger partial charge is 0.233 e. The maximum atomic E-state index is 6.52. The maximum absolute atomic E-state index is 6.52. The van der Waals surface area contributed by atoms with Crippen LogP contribution in [-0.4, -0.2) is 90.8 Å². The first-order chi connectivity index (χ1) is 17.7. The van der Waals surface area contributed by atoms with Gasteiger partial charge in [0.15, 0.2) is 11.5 Å². The molecule has 2 aromatic carbocycles. The van der Waals surface area contributed by atoms with Crippen molar-refractivity contribution in [1.29, 1.82) is 0 Å². The van der Waals surface area contributed by atoms with E-state index < -0.39 is 0 Å². The number of rotatable bonds is 6. The van der Waals surface area contributed by atoms with E-state index >= 15 is 0 Å². The van der Waals surface area contributed by atoms with E-state index in [9.17, 15) is 0 Å². The van der Waals surface area contributed by atoms with Crippen molar-refractivity contribution < 1.29 is 18.9 Å². The summed E-state index contributed by atoms with van der Waals surface area (Å²) in [7, 11) is 3.25. The van der Waals surface area contributed by atoms with Crippen LogP contribution in [0.3, 0.4) is 0 Å². The molecule has 2 atom stereocenters. The topological polar surface area (TPSA) is 95.0 Å². The first-order valence-corrected chi connectivity index (χ1v) is 12.1. The standard InChI is InChI=1S/C26H28N6O4/c1-33-23-11-17-20(12-24(23)34-2)30-28-13-21(17)32-15-22(31-7-9-35-10-8-31)25(16-32)36-26-14-27-18-5-3-4-6-19(18)29-26/h3-6,11-14,22,25H,7-10,15-16H2,1-2H3. The Morgan fingerprint density at radius 2 is 1.69 bits per heavy atom. The number of anilines is 1. The molecular formula is C26H28N6O4. The number of methoxy groups -OCH3 is 2. The molecule has 0 aliphatic carbocycles. The van der Waals surface area contributed by atoms with Crippen LogP contribution >= 0.6 is 0 Å². The molecule has 0 radical (unpaired) electrons. The van der Waals surface area contributed by atoms with E-state index in [1.54, 1.807) is 20.4 Å². The molecule has 2 aliphatic rings. The van der Waals surface area contributed by atoms with Gasteiger partial charge >= 0.3 is 0 Å². The van der Waals surface area contributed by atoms with Crippen molar-refractivity contribution in [1.82, 2.24) is 25.1 Å². The highest BCUT2D eigenvalue weighted by molar-refractivity contribution is 5.93. The lowest BCUT2D eigenvalue weighted by Gasteiger charge is -2.34. The molecule has 186 valence electrons. The monoisotopic (exact) mass is 488 g/mol. The summed E-state index contributed by atoms with van der Waals surface area (Å²) in [6, 6.07) is 11.8. The number of hydrogen-bond acceptors (Lipinski definition) is 10. The minimum absolute atomic E-state index is 0.109. The molecule has 0 amide bonds. The Labute approximate surface area is 208 Å². The molecular weight excluding hydrogens is 460 g/mol. The quantitative estimate of drug-likeness (QED) is 0.403.